The number of benzene rings is 1. The smallest absolute Gasteiger partial charge is 0.243 e. The number of nitrogens with zero attached hydrogens (tertiary/aromatic N) is 1. The van der Waals surface area contributed by atoms with Gasteiger partial charge in [0, 0.05) is 44.6 Å². The van der Waals surface area contributed by atoms with Crippen LogP contribution in [0.1, 0.15) is 55.4 Å². The molecule has 0 aliphatic carbocycles. The Labute approximate surface area is 257 Å². The molecule has 2 aliphatic rings. The monoisotopic (exact) mass is 606 g/mol. The molecule has 0 unspecified atom stereocenters. The fourth-order valence-corrected chi connectivity index (χ4v) is 5.62. The van der Waals surface area contributed by atoms with E-state index in [0.29, 0.717) is 43.7 Å². The molecule has 236 valence electrons. The van der Waals surface area contributed by atoms with Crippen molar-refractivity contribution in [3.05, 3.63) is 71.7 Å². The van der Waals surface area contributed by atoms with Crippen LogP contribution in [0, 0.1) is 0 Å². The standard InChI is InChI=1S/C32H42N6O6/c33-31(42)26-12-3-4-14-34-28(39)13-6-16-38-15-5-10-24(38)19-30(41)37-27(20-25-11-7-17-44-25)32(43)35-21-23-9-2-1-8-22(23)18-29(40)36-26/h1-2,6-9,11,13,17,24,26-27H,3-5,10,12,14-16,18-21H2,(H2,33,42)(H,34,39)(H,35,43)(H,36,40)(H,37,41)/b13-6+/t24-,26-,27-/m0/s1. The maximum absolute atomic E-state index is 13.4. The minimum absolute atomic E-state index is 0.00296. The van der Waals surface area contributed by atoms with E-state index >= 15 is 0 Å². The van der Waals surface area contributed by atoms with Gasteiger partial charge in [0.25, 0.3) is 0 Å². The molecule has 1 fully saturated rings. The first-order valence-electron chi connectivity index (χ1n) is 15.2. The molecule has 12 heteroatoms. The molecule has 2 aliphatic heterocycles. The van der Waals surface area contributed by atoms with E-state index in [0.717, 1.165) is 24.9 Å². The quantitative estimate of drug-likeness (QED) is 0.344. The van der Waals surface area contributed by atoms with Gasteiger partial charge in [0.05, 0.1) is 12.7 Å². The first kappa shape index (κ1) is 32.5. The van der Waals surface area contributed by atoms with Crippen LogP contribution in [0.25, 0.3) is 0 Å². The Kier molecular flexibility index (Phi) is 12.1. The van der Waals surface area contributed by atoms with Gasteiger partial charge in [-0.05, 0) is 61.9 Å². The van der Waals surface area contributed by atoms with E-state index in [-0.39, 0.29) is 55.5 Å². The molecule has 0 saturated carbocycles. The third-order valence-electron chi connectivity index (χ3n) is 7.99. The highest BCUT2D eigenvalue weighted by atomic mass is 16.3. The Morgan fingerprint density at radius 2 is 1.75 bits per heavy atom. The van der Waals surface area contributed by atoms with Crippen molar-refractivity contribution in [1.29, 1.82) is 0 Å². The summed E-state index contributed by atoms with van der Waals surface area (Å²) >= 11 is 0. The molecule has 2 aromatic rings. The highest BCUT2D eigenvalue weighted by Gasteiger charge is 2.29. The molecular weight excluding hydrogens is 564 g/mol. The summed E-state index contributed by atoms with van der Waals surface area (Å²) in [6.07, 6.45) is 8.52. The van der Waals surface area contributed by atoms with Crippen LogP contribution < -0.4 is 27.0 Å². The predicted molar refractivity (Wildman–Crippen MR) is 163 cm³/mol. The lowest BCUT2D eigenvalue weighted by molar-refractivity contribution is -0.129. The van der Waals surface area contributed by atoms with Gasteiger partial charge in [-0.25, -0.2) is 0 Å². The summed E-state index contributed by atoms with van der Waals surface area (Å²) in [6.45, 7) is 1.91. The van der Waals surface area contributed by atoms with Gasteiger partial charge in [-0.2, -0.15) is 0 Å². The van der Waals surface area contributed by atoms with Crippen molar-refractivity contribution >= 4 is 29.5 Å². The largest absolute Gasteiger partial charge is 0.469 e. The molecule has 6 N–H and O–H groups in total. The van der Waals surface area contributed by atoms with Gasteiger partial charge in [-0.3, -0.25) is 28.9 Å². The van der Waals surface area contributed by atoms with Gasteiger partial charge in [0.1, 0.15) is 17.8 Å². The zero-order valence-corrected chi connectivity index (χ0v) is 24.9. The Bertz CT molecular complexity index is 1330. The van der Waals surface area contributed by atoms with E-state index in [1.165, 1.54) is 12.3 Å². The first-order chi connectivity index (χ1) is 21.3. The van der Waals surface area contributed by atoms with Gasteiger partial charge >= 0.3 is 0 Å². The highest BCUT2D eigenvalue weighted by Crippen LogP contribution is 2.20. The Hall–Kier alpha value is -4.45. The number of carbonyl (C=O) groups excluding carboxylic acids is 5. The fourth-order valence-electron chi connectivity index (χ4n) is 5.62. The topological polar surface area (TPSA) is 176 Å². The summed E-state index contributed by atoms with van der Waals surface area (Å²) in [5.41, 5.74) is 6.97. The maximum atomic E-state index is 13.4. The molecule has 1 saturated heterocycles. The van der Waals surface area contributed by atoms with Gasteiger partial charge in [0.2, 0.25) is 29.5 Å². The fraction of sp³-hybridized carbons (Fsp3) is 0.469. The first-order valence-corrected chi connectivity index (χ1v) is 15.2. The van der Waals surface area contributed by atoms with E-state index in [9.17, 15) is 24.0 Å². The summed E-state index contributed by atoms with van der Waals surface area (Å²) in [5.74, 6) is -1.29. The summed E-state index contributed by atoms with van der Waals surface area (Å²) < 4.78 is 5.46. The normalized spacial score (nSPS) is 24.4. The van der Waals surface area contributed by atoms with Crippen LogP contribution in [-0.4, -0.2) is 72.2 Å². The molecule has 5 amide bonds. The number of fused-ring (bicyclic) bond motifs is 2. The molecular formula is C32H42N6O6. The van der Waals surface area contributed by atoms with E-state index in [1.54, 1.807) is 30.3 Å². The van der Waals surface area contributed by atoms with Gasteiger partial charge in [0.15, 0.2) is 0 Å². The average molecular weight is 607 g/mol. The van der Waals surface area contributed by atoms with Gasteiger partial charge in [-0.15, -0.1) is 0 Å². The van der Waals surface area contributed by atoms with Crippen molar-refractivity contribution < 1.29 is 28.4 Å². The zero-order chi connectivity index (χ0) is 31.3. The van der Waals surface area contributed by atoms with Crippen molar-refractivity contribution in [2.45, 2.75) is 76.0 Å². The second-order valence-corrected chi connectivity index (χ2v) is 11.3. The highest BCUT2D eigenvalue weighted by molar-refractivity contribution is 5.89. The molecule has 4 rings (SSSR count). The molecule has 1 aromatic heterocycles. The number of nitrogens with one attached hydrogen (secondary N) is 4. The van der Waals surface area contributed by atoms with Crippen molar-refractivity contribution in [2.24, 2.45) is 5.73 Å². The Balaban J connectivity index is 1.51. The summed E-state index contributed by atoms with van der Waals surface area (Å²) in [7, 11) is 0. The summed E-state index contributed by atoms with van der Waals surface area (Å²) in [6, 6.07) is 8.98. The third kappa shape index (κ3) is 10.1. The van der Waals surface area contributed by atoms with E-state index in [1.807, 2.05) is 12.1 Å². The predicted octanol–water partition coefficient (Wildman–Crippen LogP) is 0.847. The van der Waals surface area contributed by atoms with Crippen LogP contribution in [0.4, 0.5) is 0 Å². The number of carbonyl (C=O) groups is 5. The lowest BCUT2D eigenvalue weighted by Crippen LogP contribution is -2.49. The maximum Gasteiger partial charge on any atom is 0.243 e. The Morgan fingerprint density at radius 1 is 0.932 bits per heavy atom. The van der Waals surface area contributed by atoms with E-state index in [4.69, 9.17) is 10.2 Å². The number of furan rings is 1. The number of nitrogens with two attached hydrogens (primary N) is 1. The molecule has 44 heavy (non-hydrogen) atoms. The van der Waals surface area contributed by atoms with Crippen LogP contribution in [-0.2, 0) is 43.4 Å². The molecule has 1 aromatic carbocycles. The van der Waals surface area contributed by atoms with Crippen LogP contribution in [0.2, 0.25) is 0 Å². The molecule has 0 spiro atoms. The average Bonchev–Trinajstić information content (AvgIpc) is 3.67. The van der Waals surface area contributed by atoms with Crippen molar-refractivity contribution in [2.75, 3.05) is 19.6 Å². The van der Waals surface area contributed by atoms with Crippen LogP contribution >= 0.6 is 0 Å². The summed E-state index contributed by atoms with van der Waals surface area (Å²) in [4.78, 5) is 65.9. The lowest BCUT2D eigenvalue weighted by Gasteiger charge is -2.24. The number of primary amides is 1. The third-order valence-corrected chi connectivity index (χ3v) is 7.99. The molecule has 0 bridgehead atoms. The lowest BCUT2D eigenvalue weighted by atomic mass is 10.0. The number of hydrogen-bond donors (Lipinski definition) is 5. The minimum Gasteiger partial charge on any atom is -0.469 e. The van der Waals surface area contributed by atoms with Crippen molar-refractivity contribution in [3.63, 3.8) is 0 Å². The van der Waals surface area contributed by atoms with Gasteiger partial charge < -0.3 is 31.4 Å². The van der Waals surface area contributed by atoms with Crippen LogP contribution in [0.15, 0.2) is 59.2 Å². The van der Waals surface area contributed by atoms with E-state index in [2.05, 4.69) is 26.2 Å². The van der Waals surface area contributed by atoms with Crippen LogP contribution in [0.3, 0.4) is 0 Å². The number of hydrogen-bond acceptors (Lipinski definition) is 7. The zero-order valence-electron chi connectivity index (χ0n) is 24.9. The molecule has 0 radical (unpaired) electrons. The summed E-state index contributed by atoms with van der Waals surface area (Å²) in [5, 5.41) is 11.4. The van der Waals surface area contributed by atoms with E-state index < -0.39 is 18.0 Å². The second kappa shape index (κ2) is 16.4. The number of rotatable bonds is 3. The Morgan fingerprint density at radius 3 is 2.52 bits per heavy atom. The SMILES string of the molecule is NC(=O)[C@@H]1CCCCNC(=O)/C=C/CN2CCC[C@H]2CC(=O)N[C@@H](Cc2ccco2)C(=O)NCc2ccccc2CC(=O)N1. The number of amides is 5. The second-order valence-electron chi connectivity index (χ2n) is 11.3. The van der Waals surface area contributed by atoms with Crippen molar-refractivity contribution in [1.82, 2.24) is 26.2 Å². The van der Waals surface area contributed by atoms with Crippen molar-refractivity contribution in [3.8, 4) is 0 Å². The van der Waals surface area contributed by atoms with Gasteiger partial charge in [-0.1, -0.05) is 30.3 Å². The molecule has 3 heterocycles. The van der Waals surface area contributed by atoms with Crippen LogP contribution in [0.5, 0.6) is 0 Å². The minimum atomic E-state index is -0.871. The molecule has 3 atom stereocenters. The molecule has 12 nitrogen and oxygen atoms in total.